The van der Waals surface area contributed by atoms with Gasteiger partial charge < -0.3 is 29.5 Å². The molecule has 186 valence electrons. The minimum Gasteiger partial charge on any atom is -0.453 e. The van der Waals surface area contributed by atoms with Crippen LogP contribution in [0.3, 0.4) is 0 Å². The van der Waals surface area contributed by atoms with Gasteiger partial charge >= 0.3 is 17.9 Å². The van der Waals surface area contributed by atoms with Gasteiger partial charge in [0.2, 0.25) is 0 Å². The number of aliphatic hydroxyl groups is 3. The van der Waals surface area contributed by atoms with E-state index in [1.165, 1.54) is 36.4 Å². The second-order valence-corrected chi connectivity index (χ2v) is 8.18. The van der Waals surface area contributed by atoms with Crippen molar-refractivity contribution in [2.45, 2.75) is 36.6 Å². The lowest BCUT2D eigenvalue weighted by Crippen LogP contribution is -2.66. The Morgan fingerprint density at radius 3 is 1.08 bits per heavy atom. The molecule has 0 aliphatic heterocycles. The molecule has 1 aliphatic carbocycles. The van der Waals surface area contributed by atoms with Crippen LogP contribution in [-0.2, 0) is 14.2 Å². The van der Waals surface area contributed by atoms with Crippen molar-refractivity contribution in [1.82, 2.24) is 0 Å². The maximum atomic E-state index is 12.8. The molecule has 1 fully saturated rings. The first kappa shape index (κ1) is 25.1. The van der Waals surface area contributed by atoms with Crippen LogP contribution in [-0.4, -0.2) is 69.9 Å². The Balaban J connectivity index is 1.61. The number of carbonyl (C=O) groups is 3. The van der Waals surface area contributed by atoms with Gasteiger partial charge in [-0.05, 0) is 36.4 Å². The highest BCUT2D eigenvalue weighted by Gasteiger charge is 2.55. The van der Waals surface area contributed by atoms with Crippen molar-refractivity contribution in [3.8, 4) is 0 Å². The van der Waals surface area contributed by atoms with E-state index in [0.717, 1.165) is 0 Å². The zero-order chi connectivity index (χ0) is 25.7. The Labute approximate surface area is 206 Å². The molecule has 9 nitrogen and oxygen atoms in total. The minimum atomic E-state index is -1.86. The molecule has 0 heterocycles. The van der Waals surface area contributed by atoms with Crippen molar-refractivity contribution in [2.24, 2.45) is 0 Å². The molecule has 4 rings (SSSR count). The molecule has 6 atom stereocenters. The van der Waals surface area contributed by atoms with Crippen LogP contribution in [0.2, 0.25) is 0 Å². The zero-order valence-corrected chi connectivity index (χ0v) is 18.9. The average molecular weight is 492 g/mol. The number of hydrogen-bond acceptors (Lipinski definition) is 9. The van der Waals surface area contributed by atoms with Crippen molar-refractivity contribution >= 4 is 17.9 Å². The maximum Gasteiger partial charge on any atom is 0.338 e. The lowest BCUT2D eigenvalue weighted by Gasteiger charge is -2.43. The summed E-state index contributed by atoms with van der Waals surface area (Å²) >= 11 is 0. The van der Waals surface area contributed by atoms with Crippen molar-refractivity contribution in [3.05, 3.63) is 108 Å². The Bertz CT molecular complexity index is 1180. The summed E-state index contributed by atoms with van der Waals surface area (Å²) in [5.41, 5.74) is 0.414. The molecule has 1 aliphatic rings. The molecule has 3 N–H and O–H groups in total. The van der Waals surface area contributed by atoms with E-state index in [1.807, 2.05) is 0 Å². The van der Waals surface area contributed by atoms with Crippen LogP contribution >= 0.6 is 0 Å². The Kier molecular flexibility index (Phi) is 7.74. The van der Waals surface area contributed by atoms with Gasteiger partial charge in [-0.15, -0.1) is 0 Å². The lowest BCUT2D eigenvalue weighted by molar-refractivity contribution is -0.223. The van der Waals surface area contributed by atoms with Crippen molar-refractivity contribution in [1.29, 1.82) is 0 Å². The number of rotatable bonds is 6. The molecule has 0 spiro atoms. The van der Waals surface area contributed by atoms with Crippen LogP contribution in [0.15, 0.2) is 91.0 Å². The monoisotopic (exact) mass is 492 g/mol. The summed E-state index contributed by atoms with van der Waals surface area (Å²) in [6.45, 7) is 0. The van der Waals surface area contributed by atoms with Gasteiger partial charge in [-0.25, -0.2) is 14.4 Å². The summed E-state index contributed by atoms with van der Waals surface area (Å²) < 4.78 is 16.1. The molecule has 0 unspecified atom stereocenters. The summed E-state index contributed by atoms with van der Waals surface area (Å²) in [4.78, 5) is 38.1. The third kappa shape index (κ3) is 5.44. The van der Waals surface area contributed by atoms with E-state index < -0.39 is 54.5 Å². The summed E-state index contributed by atoms with van der Waals surface area (Å²) in [5, 5.41) is 32.6. The highest BCUT2D eigenvalue weighted by molar-refractivity contribution is 5.91. The standard InChI is InChI=1S/C27H24O9/c28-19-20(29)23(35-26(32)17-12-6-2-7-13-17)24(36-27(33)18-14-8-3-9-15-18)21(30)22(19)34-25(31)16-10-4-1-5-11-16/h1-15,19-24,28-30H/t19-,20+,21-,22+,23+,24+/m1/s1. The van der Waals surface area contributed by atoms with Gasteiger partial charge in [0.25, 0.3) is 0 Å². The van der Waals surface area contributed by atoms with Crippen LogP contribution in [0.5, 0.6) is 0 Å². The molecular formula is C27H24O9. The van der Waals surface area contributed by atoms with Crippen molar-refractivity contribution in [3.63, 3.8) is 0 Å². The summed E-state index contributed by atoms with van der Waals surface area (Å²) in [6.07, 6.45) is -10.6. The number of aliphatic hydroxyl groups excluding tert-OH is 3. The molecular weight excluding hydrogens is 468 g/mol. The van der Waals surface area contributed by atoms with Crippen molar-refractivity contribution in [2.75, 3.05) is 0 Å². The fourth-order valence-electron chi connectivity index (χ4n) is 3.88. The number of ether oxygens (including phenoxy) is 3. The van der Waals surface area contributed by atoms with E-state index in [-0.39, 0.29) is 16.7 Å². The van der Waals surface area contributed by atoms with Crippen LogP contribution < -0.4 is 0 Å². The van der Waals surface area contributed by atoms with Gasteiger partial charge in [-0.2, -0.15) is 0 Å². The maximum absolute atomic E-state index is 12.8. The molecule has 9 heteroatoms. The Morgan fingerprint density at radius 2 is 0.722 bits per heavy atom. The van der Waals surface area contributed by atoms with E-state index in [0.29, 0.717) is 0 Å². The van der Waals surface area contributed by atoms with Gasteiger partial charge in [0, 0.05) is 0 Å². The number of hydrogen-bond donors (Lipinski definition) is 3. The molecule has 3 aromatic rings. The normalized spacial score (nSPS) is 25.4. The van der Waals surface area contributed by atoms with Gasteiger partial charge in [0.05, 0.1) is 16.7 Å². The molecule has 0 saturated heterocycles. The van der Waals surface area contributed by atoms with Crippen LogP contribution in [0, 0.1) is 0 Å². The molecule has 1 saturated carbocycles. The first-order valence-electron chi connectivity index (χ1n) is 11.2. The Hall–Kier alpha value is -4.05. The SMILES string of the molecule is O=C(O[C@H]1[C@H](O)[C@H](O)[C@H](OC(=O)c2ccccc2)[C@@H](OC(=O)c2ccccc2)[C@@H]1O)c1ccccc1. The fraction of sp³-hybridized carbons (Fsp3) is 0.222. The van der Waals surface area contributed by atoms with E-state index in [1.54, 1.807) is 54.6 Å². The largest absolute Gasteiger partial charge is 0.453 e. The summed E-state index contributed by atoms with van der Waals surface area (Å²) in [6, 6.07) is 23.5. The smallest absolute Gasteiger partial charge is 0.338 e. The second-order valence-electron chi connectivity index (χ2n) is 8.18. The molecule has 0 bridgehead atoms. The van der Waals surface area contributed by atoms with Crippen LogP contribution in [0.4, 0.5) is 0 Å². The van der Waals surface area contributed by atoms with E-state index >= 15 is 0 Å². The van der Waals surface area contributed by atoms with Gasteiger partial charge in [0.1, 0.15) is 18.3 Å². The predicted molar refractivity (Wildman–Crippen MR) is 125 cm³/mol. The number of benzene rings is 3. The fourth-order valence-corrected chi connectivity index (χ4v) is 3.88. The van der Waals surface area contributed by atoms with Crippen LogP contribution in [0.25, 0.3) is 0 Å². The first-order valence-corrected chi connectivity index (χ1v) is 11.2. The second kappa shape index (κ2) is 11.1. The quantitative estimate of drug-likeness (QED) is 0.347. The van der Waals surface area contributed by atoms with E-state index in [9.17, 15) is 29.7 Å². The molecule has 36 heavy (non-hydrogen) atoms. The topological polar surface area (TPSA) is 140 Å². The first-order chi connectivity index (χ1) is 17.4. The average Bonchev–Trinajstić information content (AvgIpc) is 2.92. The Morgan fingerprint density at radius 1 is 0.444 bits per heavy atom. The van der Waals surface area contributed by atoms with E-state index in [2.05, 4.69) is 0 Å². The molecule has 0 aromatic heterocycles. The van der Waals surface area contributed by atoms with Gasteiger partial charge in [-0.3, -0.25) is 0 Å². The zero-order valence-electron chi connectivity index (χ0n) is 18.9. The van der Waals surface area contributed by atoms with Crippen LogP contribution in [0.1, 0.15) is 31.1 Å². The van der Waals surface area contributed by atoms with E-state index in [4.69, 9.17) is 14.2 Å². The molecule has 0 amide bonds. The highest BCUT2D eigenvalue weighted by atomic mass is 16.6. The summed E-state index contributed by atoms with van der Waals surface area (Å²) in [5.74, 6) is -2.63. The highest BCUT2D eigenvalue weighted by Crippen LogP contribution is 2.30. The number of carbonyl (C=O) groups excluding carboxylic acids is 3. The minimum absolute atomic E-state index is 0.135. The lowest BCUT2D eigenvalue weighted by atomic mass is 9.84. The summed E-state index contributed by atoms with van der Waals surface area (Å²) in [7, 11) is 0. The molecule has 3 aromatic carbocycles. The predicted octanol–water partition coefficient (Wildman–Crippen LogP) is 1.76. The van der Waals surface area contributed by atoms with Crippen molar-refractivity contribution < 1.29 is 43.9 Å². The molecule has 0 radical (unpaired) electrons. The van der Waals surface area contributed by atoms with Gasteiger partial charge in [0.15, 0.2) is 18.3 Å². The third-order valence-electron chi connectivity index (χ3n) is 5.78. The third-order valence-corrected chi connectivity index (χ3v) is 5.78. The van der Waals surface area contributed by atoms with Gasteiger partial charge in [-0.1, -0.05) is 54.6 Å². The number of esters is 3.